The summed E-state index contributed by atoms with van der Waals surface area (Å²) >= 11 is 0. The molecule has 0 spiro atoms. The summed E-state index contributed by atoms with van der Waals surface area (Å²) in [5.41, 5.74) is 7.43. The van der Waals surface area contributed by atoms with E-state index in [0.29, 0.717) is 5.92 Å². The fourth-order valence-corrected chi connectivity index (χ4v) is 3.53. The minimum Gasteiger partial charge on any atom is -0.361 e. The lowest BCUT2D eigenvalue weighted by Crippen LogP contribution is -2.20. The summed E-state index contributed by atoms with van der Waals surface area (Å²) in [6.45, 7) is 6.63. The van der Waals surface area contributed by atoms with Gasteiger partial charge in [-0.2, -0.15) is 5.10 Å². The minimum atomic E-state index is -0.00371. The Morgan fingerprint density at radius 2 is 1.89 bits per heavy atom. The van der Waals surface area contributed by atoms with Crippen LogP contribution >= 0.6 is 0 Å². The molecule has 2 atom stereocenters. The number of para-hydroxylation sites is 1. The van der Waals surface area contributed by atoms with Crippen LogP contribution in [0.25, 0.3) is 10.9 Å². The molecule has 0 unspecified atom stereocenters. The molecule has 1 aliphatic rings. The van der Waals surface area contributed by atoms with Gasteiger partial charge in [0.1, 0.15) is 0 Å². The molecule has 1 saturated carbocycles. The van der Waals surface area contributed by atoms with Crippen LogP contribution < -0.4 is 5.43 Å². The minimum absolute atomic E-state index is 0.00371. The number of aromatic amines is 1. The lowest BCUT2D eigenvalue weighted by Gasteiger charge is -2.19. The van der Waals surface area contributed by atoms with E-state index in [9.17, 15) is 4.79 Å². The number of benzene rings is 2. The molecule has 3 aromatic rings. The second-order valence-electron chi connectivity index (χ2n) is 8.34. The number of aromatic nitrogens is 1. The Bertz CT molecular complexity index is 992. The number of nitrogens with one attached hydrogen (secondary N) is 2. The summed E-state index contributed by atoms with van der Waals surface area (Å²) in [5.74, 6) is 0.323. The zero-order valence-corrected chi connectivity index (χ0v) is 16.0. The Labute approximate surface area is 159 Å². The second kappa shape index (κ2) is 6.69. The number of fused-ring (bicyclic) bond motifs is 1. The molecule has 138 valence electrons. The van der Waals surface area contributed by atoms with Crippen molar-refractivity contribution in [2.45, 2.75) is 38.5 Å². The number of hydrazone groups is 1. The van der Waals surface area contributed by atoms with Crippen LogP contribution in [0.15, 0.2) is 59.8 Å². The van der Waals surface area contributed by atoms with Crippen LogP contribution in [0.3, 0.4) is 0 Å². The first kappa shape index (κ1) is 17.5. The van der Waals surface area contributed by atoms with Crippen molar-refractivity contribution in [2.24, 2.45) is 11.0 Å². The maximum absolute atomic E-state index is 12.4. The third-order valence-electron chi connectivity index (χ3n) is 5.33. The maximum Gasteiger partial charge on any atom is 0.243 e. The molecule has 0 saturated heterocycles. The van der Waals surface area contributed by atoms with Gasteiger partial charge in [0.05, 0.1) is 6.21 Å². The normalized spacial score (nSPS) is 19.5. The third-order valence-corrected chi connectivity index (χ3v) is 5.33. The highest BCUT2D eigenvalue weighted by Crippen LogP contribution is 2.47. The Morgan fingerprint density at radius 3 is 2.63 bits per heavy atom. The summed E-state index contributed by atoms with van der Waals surface area (Å²) in [7, 11) is 0. The molecule has 4 nitrogen and oxygen atoms in total. The first-order valence-electron chi connectivity index (χ1n) is 9.43. The molecule has 1 fully saturated rings. The van der Waals surface area contributed by atoms with Gasteiger partial charge in [-0.25, -0.2) is 5.43 Å². The van der Waals surface area contributed by atoms with Crippen molar-refractivity contribution in [2.75, 3.05) is 0 Å². The van der Waals surface area contributed by atoms with Crippen molar-refractivity contribution in [3.05, 3.63) is 71.4 Å². The van der Waals surface area contributed by atoms with E-state index in [-0.39, 0.29) is 17.2 Å². The lowest BCUT2D eigenvalue weighted by molar-refractivity contribution is -0.122. The fourth-order valence-electron chi connectivity index (χ4n) is 3.53. The molecular weight excluding hydrogens is 334 g/mol. The predicted octanol–water partition coefficient (Wildman–Crippen LogP) is 4.72. The quantitative estimate of drug-likeness (QED) is 0.514. The summed E-state index contributed by atoms with van der Waals surface area (Å²) in [6, 6.07) is 16.7. The van der Waals surface area contributed by atoms with Gasteiger partial charge in [0.2, 0.25) is 5.91 Å². The van der Waals surface area contributed by atoms with Gasteiger partial charge < -0.3 is 4.98 Å². The molecule has 1 amide bonds. The fraction of sp³-hybridized carbons (Fsp3) is 0.304. The number of nitrogens with zero attached hydrogens (tertiary/aromatic N) is 1. The Kier molecular flexibility index (Phi) is 4.34. The number of H-pyrrole nitrogens is 1. The highest BCUT2D eigenvalue weighted by atomic mass is 16.2. The van der Waals surface area contributed by atoms with Crippen molar-refractivity contribution in [1.82, 2.24) is 10.4 Å². The summed E-state index contributed by atoms with van der Waals surface area (Å²) < 4.78 is 0. The SMILES string of the molecule is CC(C)(C)c1ccc([C@@H]2C[C@H]2C(=O)N/N=C\c2c[nH]c3ccccc23)cc1. The van der Waals surface area contributed by atoms with Crippen LogP contribution in [0.4, 0.5) is 0 Å². The summed E-state index contributed by atoms with van der Waals surface area (Å²) in [5, 5.41) is 5.25. The van der Waals surface area contributed by atoms with Crippen molar-refractivity contribution in [3.63, 3.8) is 0 Å². The zero-order valence-electron chi connectivity index (χ0n) is 16.0. The Hall–Kier alpha value is -2.88. The van der Waals surface area contributed by atoms with Gasteiger partial charge in [0.25, 0.3) is 0 Å². The van der Waals surface area contributed by atoms with E-state index in [0.717, 1.165) is 22.9 Å². The van der Waals surface area contributed by atoms with E-state index < -0.39 is 0 Å². The zero-order chi connectivity index (χ0) is 19.0. The van der Waals surface area contributed by atoms with E-state index >= 15 is 0 Å². The van der Waals surface area contributed by atoms with Crippen LogP contribution in [0, 0.1) is 5.92 Å². The molecule has 2 N–H and O–H groups in total. The summed E-state index contributed by atoms with van der Waals surface area (Å²) in [6.07, 6.45) is 4.49. The van der Waals surface area contributed by atoms with Gasteiger partial charge in [-0.1, -0.05) is 63.2 Å². The molecule has 1 aromatic heterocycles. The van der Waals surface area contributed by atoms with Crippen molar-refractivity contribution < 1.29 is 4.79 Å². The maximum atomic E-state index is 12.4. The number of rotatable bonds is 4. The second-order valence-corrected chi connectivity index (χ2v) is 8.34. The monoisotopic (exact) mass is 359 g/mol. The predicted molar refractivity (Wildman–Crippen MR) is 110 cm³/mol. The smallest absolute Gasteiger partial charge is 0.243 e. The molecule has 2 aromatic carbocycles. The van der Waals surface area contributed by atoms with Gasteiger partial charge in [-0.15, -0.1) is 0 Å². The lowest BCUT2D eigenvalue weighted by atomic mass is 9.86. The molecule has 0 bridgehead atoms. The number of hydrogen-bond donors (Lipinski definition) is 2. The van der Waals surface area contributed by atoms with Gasteiger partial charge in [-0.05, 0) is 34.9 Å². The van der Waals surface area contributed by atoms with Crippen LogP contribution in [0.5, 0.6) is 0 Å². The molecule has 0 radical (unpaired) electrons. The Balaban J connectivity index is 1.36. The molecule has 4 heteroatoms. The molecule has 1 heterocycles. The van der Waals surface area contributed by atoms with Crippen molar-refractivity contribution >= 4 is 23.0 Å². The van der Waals surface area contributed by atoms with E-state index in [2.05, 4.69) is 60.5 Å². The van der Waals surface area contributed by atoms with Gasteiger partial charge in [-0.3, -0.25) is 4.79 Å². The van der Waals surface area contributed by atoms with Crippen LogP contribution in [0.2, 0.25) is 0 Å². The third kappa shape index (κ3) is 3.65. The molecule has 0 aliphatic heterocycles. The summed E-state index contributed by atoms with van der Waals surface area (Å²) in [4.78, 5) is 15.6. The topological polar surface area (TPSA) is 57.2 Å². The number of carbonyl (C=O) groups is 1. The molecule has 1 aliphatic carbocycles. The largest absolute Gasteiger partial charge is 0.361 e. The average molecular weight is 359 g/mol. The molecule has 4 rings (SSSR count). The first-order chi connectivity index (χ1) is 12.9. The van der Waals surface area contributed by atoms with E-state index in [1.54, 1.807) is 6.21 Å². The number of carbonyl (C=O) groups excluding carboxylic acids is 1. The average Bonchev–Trinajstić information content (AvgIpc) is 3.36. The number of amides is 1. The van der Waals surface area contributed by atoms with Crippen molar-refractivity contribution in [1.29, 1.82) is 0 Å². The van der Waals surface area contributed by atoms with E-state index in [4.69, 9.17) is 0 Å². The molecule has 27 heavy (non-hydrogen) atoms. The van der Waals surface area contributed by atoms with Crippen LogP contribution in [-0.2, 0) is 10.2 Å². The standard InChI is InChI=1S/C23H25N3O/c1-23(2,3)17-10-8-15(9-11-17)19-12-20(19)22(27)26-25-14-16-13-24-21-7-5-4-6-18(16)21/h4-11,13-14,19-20,24H,12H2,1-3H3,(H,26,27)/b25-14-/t19-,20+/m0/s1. The number of hydrogen-bond acceptors (Lipinski definition) is 2. The van der Waals surface area contributed by atoms with Gasteiger partial charge in [0.15, 0.2) is 0 Å². The van der Waals surface area contributed by atoms with Gasteiger partial charge >= 0.3 is 0 Å². The van der Waals surface area contributed by atoms with Gasteiger partial charge in [0, 0.05) is 28.6 Å². The van der Waals surface area contributed by atoms with E-state index in [1.807, 2.05) is 30.5 Å². The molecular formula is C23H25N3O. The van der Waals surface area contributed by atoms with Crippen LogP contribution in [0.1, 0.15) is 49.8 Å². The van der Waals surface area contributed by atoms with E-state index in [1.165, 1.54) is 11.1 Å². The highest BCUT2D eigenvalue weighted by molar-refractivity contribution is 5.99. The van der Waals surface area contributed by atoms with Crippen molar-refractivity contribution in [3.8, 4) is 0 Å². The first-order valence-corrected chi connectivity index (χ1v) is 9.43. The Morgan fingerprint density at radius 1 is 1.15 bits per heavy atom. The highest BCUT2D eigenvalue weighted by Gasteiger charge is 2.44. The van der Waals surface area contributed by atoms with Crippen LogP contribution in [-0.4, -0.2) is 17.1 Å².